The second kappa shape index (κ2) is 4.65. The van der Waals surface area contributed by atoms with Gasteiger partial charge in [-0.3, -0.25) is 0 Å². The second-order valence-electron chi connectivity index (χ2n) is 6.14. The normalized spacial score (nSPS) is 28.8. The summed E-state index contributed by atoms with van der Waals surface area (Å²) in [5.41, 5.74) is 6.31. The van der Waals surface area contributed by atoms with E-state index in [2.05, 4.69) is 27.1 Å². The number of aliphatic hydroxyl groups excluding tert-OH is 2. The summed E-state index contributed by atoms with van der Waals surface area (Å²) in [7, 11) is 0. The number of allylic oxidation sites excluding steroid dienone is 2. The van der Waals surface area contributed by atoms with Crippen molar-refractivity contribution in [3.8, 4) is 0 Å². The highest BCUT2D eigenvalue weighted by molar-refractivity contribution is 6.33. The molecule has 3 atom stereocenters. The number of nitrogen functional groups attached to an aromatic ring is 1. The Hall–Kier alpha value is -1.70. The minimum absolute atomic E-state index is 0.0277. The van der Waals surface area contributed by atoms with Crippen LogP contribution < -0.4 is 5.73 Å². The van der Waals surface area contributed by atoms with E-state index in [9.17, 15) is 10.2 Å². The number of imidazole rings is 1. The monoisotopic (exact) mass is 321 g/mol. The van der Waals surface area contributed by atoms with Crippen LogP contribution in [0, 0.1) is 17.3 Å². The van der Waals surface area contributed by atoms with E-state index in [0.29, 0.717) is 11.2 Å². The number of hydrogen-bond acceptors (Lipinski definition) is 6. The van der Waals surface area contributed by atoms with Crippen LogP contribution in [-0.4, -0.2) is 42.9 Å². The number of rotatable bonds is 3. The molecule has 2 aromatic rings. The average molecular weight is 322 g/mol. The summed E-state index contributed by atoms with van der Waals surface area (Å²) in [6.07, 6.45) is 6.63. The maximum Gasteiger partial charge on any atom is 0.223 e. The number of nitrogens with zero attached hydrogens (tertiary/aromatic N) is 4. The van der Waals surface area contributed by atoms with Gasteiger partial charge < -0.3 is 20.5 Å². The first-order valence-electron chi connectivity index (χ1n) is 7.15. The van der Waals surface area contributed by atoms with Crippen LogP contribution >= 0.6 is 11.6 Å². The third-order valence-electron chi connectivity index (χ3n) is 5.07. The van der Waals surface area contributed by atoms with Gasteiger partial charge in [0.1, 0.15) is 5.52 Å². The number of hydrogen-bond donors (Lipinski definition) is 3. The summed E-state index contributed by atoms with van der Waals surface area (Å²) in [5, 5.41) is 19.8. The Labute approximate surface area is 131 Å². The molecule has 2 aliphatic carbocycles. The van der Waals surface area contributed by atoms with Gasteiger partial charge in [-0.1, -0.05) is 23.8 Å². The molecule has 0 unspecified atom stereocenters. The van der Waals surface area contributed by atoms with Gasteiger partial charge in [0, 0.05) is 17.4 Å². The van der Waals surface area contributed by atoms with Crippen LogP contribution in [-0.2, 0) is 0 Å². The van der Waals surface area contributed by atoms with E-state index >= 15 is 0 Å². The Kier molecular flexibility index (Phi) is 2.94. The molecule has 7 nitrogen and oxygen atoms in total. The average Bonchev–Trinajstić information content (AvgIpc) is 3.17. The molecule has 4 N–H and O–H groups in total. The molecule has 2 aromatic heterocycles. The molecule has 116 valence electrons. The maximum atomic E-state index is 9.77. The standard InChI is InChI=1S/C14H16ClN5O2/c15-11-9-12(19-13(16)18-11)20(6-17-9)10-7-1-2-8(10)14(3-7,4-21)5-22/h1-2,6-8,10,21-22H,3-5H2,(H2,16,18,19)/t7-,8-,10+/m1/s1. The molecule has 2 heterocycles. The van der Waals surface area contributed by atoms with Gasteiger partial charge in [-0.15, -0.1) is 0 Å². The van der Waals surface area contributed by atoms with E-state index in [1.807, 2.05) is 4.57 Å². The maximum absolute atomic E-state index is 9.77. The van der Waals surface area contributed by atoms with Crippen molar-refractivity contribution in [2.75, 3.05) is 18.9 Å². The lowest BCUT2D eigenvalue weighted by molar-refractivity contribution is 0.0290. The fraction of sp³-hybridized carbons (Fsp3) is 0.500. The van der Waals surface area contributed by atoms with E-state index in [0.717, 1.165) is 6.42 Å². The molecule has 1 saturated carbocycles. The summed E-state index contributed by atoms with van der Waals surface area (Å²) in [6.45, 7) is -0.0912. The van der Waals surface area contributed by atoms with Gasteiger partial charge in [0.05, 0.1) is 19.5 Å². The van der Waals surface area contributed by atoms with E-state index < -0.39 is 5.41 Å². The third-order valence-corrected chi connectivity index (χ3v) is 5.33. The largest absolute Gasteiger partial charge is 0.396 e. The summed E-state index contributed by atoms with van der Waals surface area (Å²) >= 11 is 6.08. The van der Waals surface area contributed by atoms with Crippen LogP contribution in [0.2, 0.25) is 5.15 Å². The fourth-order valence-electron chi connectivity index (χ4n) is 4.00. The predicted octanol–water partition coefficient (Wildman–Crippen LogP) is 0.780. The van der Waals surface area contributed by atoms with Crippen LogP contribution in [0.1, 0.15) is 12.5 Å². The Morgan fingerprint density at radius 2 is 2.09 bits per heavy atom. The molecule has 1 fully saturated rings. The summed E-state index contributed by atoms with van der Waals surface area (Å²) in [4.78, 5) is 12.5. The van der Waals surface area contributed by atoms with Crippen LogP contribution in [0.5, 0.6) is 0 Å². The highest BCUT2D eigenvalue weighted by Gasteiger charge is 2.55. The van der Waals surface area contributed by atoms with Gasteiger partial charge in [0.2, 0.25) is 5.95 Å². The number of halogens is 1. The van der Waals surface area contributed by atoms with Crippen molar-refractivity contribution in [2.45, 2.75) is 12.5 Å². The zero-order valence-corrected chi connectivity index (χ0v) is 12.5. The molecule has 2 aliphatic rings. The van der Waals surface area contributed by atoms with E-state index in [-0.39, 0.29) is 42.2 Å². The first kappa shape index (κ1) is 13.9. The number of nitrogens with two attached hydrogens (primary N) is 1. The SMILES string of the molecule is Nc1nc(Cl)c2ncn([C@H]3[C@@H]4C=C[C@H]3C(CO)(CO)C4)c2n1. The molecular weight excluding hydrogens is 306 g/mol. The minimum atomic E-state index is -0.497. The topological polar surface area (TPSA) is 110 Å². The number of fused-ring (bicyclic) bond motifs is 3. The molecule has 0 saturated heterocycles. The molecule has 2 bridgehead atoms. The first-order valence-corrected chi connectivity index (χ1v) is 7.53. The highest BCUT2D eigenvalue weighted by atomic mass is 35.5. The lowest BCUT2D eigenvalue weighted by Crippen LogP contribution is -2.35. The molecule has 4 rings (SSSR count). The molecule has 0 radical (unpaired) electrons. The minimum Gasteiger partial charge on any atom is -0.396 e. The third kappa shape index (κ3) is 1.67. The number of aromatic nitrogens is 4. The van der Waals surface area contributed by atoms with Crippen molar-refractivity contribution in [3.05, 3.63) is 23.6 Å². The van der Waals surface area contributed by atoms with Gasteiger partial charge >= 0.3 is 0 Å². The Morgan fingerprint density at radius 3 is 2.77 bits per heavy atom. The highest BCUT2D eigenvalue weighted by Crippen LogP contribution is 2.58. The van der Waals surface area contributed by atoms with Crippen molar-refractivity contribution >= 4 is 28.7 Å². The van der Waals surface area contributed by atoms with Crippen molar-refractivity contribution in [3.63, 3.8) is 0 Å². The first-order chi connectivity index (χ1) is 10.6. The Morgan fingerprint density at radius 1 is 1.32 bits per heavy atom. The smallest absolute Gasteiger partial charge is 0.223 e. The van der Waals surface area contributed by atoms with Crippen molar-refractivity contribution < 1.29 is 10.2 Å². The van der Waals surface area contributed by atoms with E-state index in [1.54, 1.807) is 6.33 Å². The molecule has 0 spiro atoms. The molecule has 0 amide bonds. The fourth-order valence-corrected chi connectivity index (χ4v) is 4.22. The van der Waals surface area contributed by atoms with Crippen LogP contribution in [0.4, 0.5) is 5.95 Å². The molecule has 0 aliphatic heterocycles. The Balaban J connectivity index is 1.84. The van der Waals surface area contributed by atoms with Crippen molar-refractivity contribution in [2.24, 2.45) is 17.3 Å². The molecule has 22 heavy (non-hydrogen) atoms. The summed E-state index contributed by atoms with van der Waals surface area (Å²) < 4.78 is 1.95. The van der Waals surface area contributed by atoms with Gasteiger partial charge in [0.15, 0.2) is 10.8 Å². The summed E-state index contributed by atoms with van der Waals surface area (Å²) in [5.74, 6) is 0.352. The van der Waals surface area contributed by atoms with Crippen molar-refractivity contribution in [1.29, 1.82) is 0 Å². The molecular formula is C14H16ClN5O2. The molecule has 0 aromatic carbocycles. The van der Waals surface area contributed by atoms with Crippen LogP contribution in [0.15, 0.2) is 18.5 Å². The van der Waals surface area contributed by atoms with Crippen LogP contribution in [0.25, 0.3) is 11.2 Å². The molecule has 8 heteroatoms. The second-order valence-corrected chi connectivity index (χ2v) is 6.50. The van der Waals surface area contributed by atoms with Crippen LogP contribution in [0.3, 0.4) is 0 Å². The van der Waals surface area contributed by atoms with Gasteiger partial charge in [-0.05, 0) is 12.3 Å². The summed E-state index contributed by atoms with van der Waals surface area (Å²) in [6, 6.07) is 0.0506. The van der Waals surface area contributed by atoms with Gasteiger partial charge in [-0.25, -0.2) is 4.98 Å². The van der Waals surface area contributed by atoms with E-state index in [1.165, 1.54) is 0 Å². The zero-order valence-electron chi connectivity index (χ0n) is 11.7. The van der Waals surface area contributed by atoms with Gasteiger partial charge in [-0.2, -0.15) is 9.97 Å². The van der Waals surface area contributed by atoms with Gasteiger partial charge in [0.25, 0.3) is 0 Å². The quantitative estimate of drug-likeness (QED) is 0.569. The zero-order chi connectivity index (χ0) is 15.5. The van der Waals surface area contributed by atoms with E-state index in [4.69, 9.17) is 17.3 Å². The Bertz CT molecular complexity index is 770. The van der Waals surface area contributed by atoms with Crippen molar-refractivity contribution in [1.82, 2.24) is 19.5 Å². The number of anilines is 1. The lowest BCUT2D eigenvalue weighted by Gasteiger charge is -2.32. The number of aliphatic hydroxyl groups is 2. The predicted molar refractivity (Wildman–Crippen MR) is 81.1 cm³/mol. The lowest BCUT2D eigenvalue weighted by atomic mass is 9.77.